The molecule has 0 unspecified atom stereocenters. The van der Waals surface area contributed by atoms with Crippen molar-refractivity contribution in [1.82, 2.24) is 0 Å². The molecular weight excluding hydrogens is 288 g/mol. The maximum absolute atomic E-state index is 11.3. The van der Waals surface area contributed by atoms with Crippen LogP contribution < -0.4 is 0 Å². The number of hydrogen-bond donors (Lipinski definition) is 2. The highest BCUT2D eigenvalue weighted by molar-refractivity contribution is 6.38. The Morgan fingerprint density at radius 2 is 1.71 bits per heavy atom. The summed E-state index contributed by atoms with van der Waals surface area (Å²) in [5.74, 6) is -0.829. The second-order valence-corrected chi connectivity index (χ2v) is 5.06. The summed E-state index contributed by atoms with van der Waals surface area (Å²) in [5.41, 5.74) is 1.44. The molecule has 2 N–H and O–H groups in total. The first-order valence-electron chi connectivity index (χ1n) is 6.32. The fraction of sp³-hybridized carbons (Fsp3) is 0. The van der Waals surface area contributed by atoms with Gasteiger partial charge in [-0.25, -0.2) is 4.79 Å². The van der Waals surface area contributed by atoms with Gasteiger partial charge in [0, 0.05) is 10.9 Å². The number of carbonyl (C=O) groups is 1. The van der Waals surface area contributed by atoms with Gasteiger partial charge in [0.05, 0.1) is 10.6 Å². The zero-order valence-electron chi connectivity index (χ0n) is 10.9. The summed E-state index contributed by atoms with van der Waals surface area (Å²) in [5, 5.41) is 20.8. The maximum Gasteiger partial charge on any atom is 0.336 e. The number of rotatable bonds is 2. The highest BCUT2D eigenvalue weighted by Gasteiger charge is 2.14. The maximum atomic E-state index is 11.3. The normalized spacial score (nSPS) is 10.7. The van der Waals surface area contributed by atoms with E-state index in [1.165, 1.54) is 0 Å². The van der Waals surface area contributed by atoms with E-state index >= 15 is 0 Å². The van der Waals surface area contributed by atoms with E-state index in [0.29, 0.717) is 16.1 Å². The van der Waals surface area contributed by atoms with E-state index in [4.69, 9.17) is 11.6 Å². The van der Waals surface area contributed by atoms with Crippen molar-refractivity contribution in [3.8, 4) is 16.9 Å². The first-order chi connectivity index (χ1) is 10.1. The Balaban J connectivity index is 2.29. The van der Waals surface area contributed by atoms with E-state index in [9.17, 15) is 15.0 Å². The van der Waals surface area contributed by atoms with E-state index in [2.05, 4.69) is 0 Å². The summed E-state index contributed by atoms with van der Waals surface area (Å²) in [4.78, 5) is 11.3. The Morgan fingerprint density at radius 1 is 0.952 bits per heavy atom. The lowest BCUT2D eigenvalue weighted by Gasteiger charge is -2.11. The fourth-order valence-corrected chi connectivity index (χ4v) is 2.73. The van der Waals surface area contributed by atoms with Crippen LogP contribution in [0.4, 0.5) is 0 Å². The first kappa shape index (κ1) is 13.5. The lowest BCUT2D eigenvalue weighted by atomic mass is 9.97. The van der Waals surface area contributed by atoms with Crippen LogP contribution in [-0.4, -0.2) is 16.2 Å². The monoisotopic (exact) mass is 298 g/mol. The number of aromatic hydroxyl groups is 1. The number of carboxylic acid groups (broad SMARTS) is 1. The molecule has 0 saturated heterocycles. The SMILES string of the molecule is O=C(O)c1ccccc1-c1ccc2cc(O)ccc2c1Cl. The van der Waals surface area contributed by atoms with Crippen LogP contribution >= 0.6 is 11.6 Å². The van der Waals surface area contributed by atoms with Crippen LogP contribution in [0.3, 0.4) is 0 Å². The quantitative estimate of drug-likeness (QED) is 0.729. The van der Waals surface area contributed by atoms with Crippen molar-refractivity contribution < 1.29 is 15.0 Å². The van der Waals surface area contributed by atoms with Gasteiger partial charge in [-0.05, 0) is 35.2 Å². The van der Waals surface area contributed by atoms with Crippen LogP contribution in [0, 0.1) is 0 Å². The Hall–Kier alpha value is -2.52. The third-order valence-electron chi connectivity index (χ3n) is 3.39. The molecule has 21 heavy (non-hydrogen) atoms. The molecule has 0 atom stereocenters. The number of aromatic carboxylic acids is 1. The Labute approximate surface area is 126 Å². The molecule has 0 bridgehead atoms. The number of hydrogen-bond acceptors (Lipinski definition) is 2. The van der Waals surface area contributed by atoms with Gasteiger partial charge in [0.15, 0.2) is 0 Å². The third-order valence-corrected chi connectivity index (χ3v) is 3.79. The van der Waals surface area contributed by atoms with Gasteiger partial charge in [-0.2, -0.15) is 0 Å². The summed E-state index contributed by atoms with van der Waals surface area (Å²) >= 11 is 6.43. The zero-order chi connectivity index (χ0) is 15.0. The smallest absolute Gasteiger partial charge is 0.336 e. The predicted octanol–water partition coefficient (Wildman–Crippen LogP) is 4.56. The molecule has 104 valence electrons. The zero-order valence-corrected chi connectivity index (χ0v) is 11.6. The molecule has 0 aliphatic heterocycles. The van der Waals surface area contributed by atoms with Gasteiger partial charge in [0.2, 0.25) is 0 Å². The highest BCUT2D eigenvalue weighted by Crippen LogP contribution is 2.36. The molecule has 0 heterocycles. The lowest BCUT2D eigenvalue weighted by Crippen LogP contribution is -1.99. The molecule has 0 aromatic heterocycles. The number of benzene rings is 3. The summed E-state index contributed by atoms with van der Waals surface area (Å²) in [6.45, 7) is 0. The largest absolute Gasteiger partial charge is 0.508 e. The minimum Gasteiger partial charge on any atom is -0.508 e. The van der Waals surface area contributed by atoms with Crippen molar-refractivity contribution in [3.05, 3.63) is 65.2 Å². The van der Waals surface area contributed by atoms with Crippen molar-refractivity contribution in [1.29, 1.82) is 0 Å². The molecule has 3 rings (SSSR count). The van der Waals surface area contributed by atoms with Gasteiger partial charge in [-0.15, -0.1) is 0 Å². The topological polar surface area (TPSA) is 57.5 Å². The van der Waals surface area contributed by atoms with Crippen molar-refractivity contribution in [2.24, 2.45) is 0 Å². The van der Waals surface area contributed by atoms with Gasteiger partial charge in [-0.1, -0.05) is 41.9 Å². The third kappa shape index (κ3) is 2.32. The summed E-state index contributed by atoms with van der Waals surface area (Å²) in [7, 11) is 0. The minimum atomic E-state index is -0.993. The molecular formula is C17H11ClO3. The summed E-state index contributed by atoms with van der Waals surface area (Å²) in [6.07, 6.45) is 0. The van der Waals surface area contributed by atoms with E-state index in [-0.39, 0.29) is 11.3 Å². The highest BCUT2D eigenvalue weighted by atomic mass is 35.5. The molecule has 0 aliphatic rings. The lowest BCUT2D eigenvalue weighted by molar-refractivity contribution is 0.0697. The fourth-order valence-electron chi connectivity index (χ4n) is 2.39. The van der Waals surface area contributed by atoms with Crippen LogP contribution in [0.2, 0.25) is 5.02 Å². The van der Waals surface area contributed by atoms with Crippen LogP contribution in [0.1, 0.15) is 10.4 Å². The molecule has 0 spiro atoms. The van der Waals surface area contributed by atoms with Gasteiger partial charge >= 0.3 is 5.97 Å². The molecule has 3 nitrogen and oxygen atoms in total. The van der Waals surface area contributed by atoms with E-state index in [0.717, 1.165) is 10.8 Å². The van der Waals surface area contributed by atoms with Crippen molar-refractivity contribution in [3.63, 3.8) is 0 Å². The minimum absolute atomic E-state index is 0.164. The number of phenols is 1. The van der Waals surface area contributed by atoms with Crippen molar-refractivity contribution in [2.75, 3.05) is 0 Å². The van der Waals surface area contributed by atoms with Gasteiger partial charge in [0.1, 0.15) is 5.75 Å². The Kier molecular flexibility index (Phi) is 3.28. The molecule has 0 fully saturated rings. The average Bonchev–Trinajstić information content (AvgIpc) is 2.47. The number of phenolic OH excluding ortho intramolecular Hbond substituents is 1. The second kappa shape index (κ2) is 5.11. The molecule has 0 radical (unpaired) electrons. The van der Waals surface area contributed by atoms with E-state index < -0.39 is 5.97 Å². The second-order valence-electron chi connectivity index (χ2n) is 4.68. The number of carboxylic acids is 1. The number of fused-ring (bicyclic) bond motifs is 1. The van der Waals surface area contributed by atoms with Crippen molar-refractivity contribution >= 4 is 28.3 Å². The average molecular weight is 299 g/mol. The standard InChI is InChI=1S/C17H11ClO3/c18-16-12-8-6-11(19)9-10(12)5-7-14(16)13-3-1-2-4-15(13)17(20)21/h1-9,19H,(H,20,21). The van der Waals surface area contributed by atoms with Crippen molar-refractivity contribution in [2.45, 2.75) is 0 Å². The molecule has 0 aliphatic carbocycles. The first-order valence-corrected chi connectivity index (χ1v) is 6.69. The van der Waals surface area contributed by atoms with Crippen LogP contribution in [0.5, 0.6) is 5.75 Å². The van der Waals surface area contributed by atoms with Gasteiger partial charge in [0.25, 0.3) is 0 Å². The predicted molar refractivity (Wildman–Crippen MR) is 83.0 cm³/mol. The van der Waals surface area contributed by atoms with Crippen LogP contribution in [0.15, 0.2) is 54.6 Å². The number of halogens is 1. The molecule has 0 saturated carbocycles. The van der Waals surface area contributed by atoms with E-state index in [1.807, 2.05) is 6.07 Å². The van der Waals surface area contributed by atoms with Crippen LogP contribution in [-0.2, 0) is 0 Å². The molecule has 4 heteroatoms. The Bertz CT molecular complexity index is 856. The Morgan fingerprint density at radius 3 is 2.48 bits per heavy atom. The van der Waals surface area contributed by atoms with Gasteiger partial charge in [-0.3, -0.25) is 0 Å². The molecule has 3 aromatic carbocycles. The summed E-state index contributed by atoms with van der Waals surface area (Å²) < 4.78 is 0. The van der Waals surface area contributed by atoms with Crippen LogP contribution in [0.25, 0.3) is 21.9 Å². The molecule has 0 amide bonds. The molecule has 3 aromatic rings. The summed E-state index contributed by atoms with van der Waals surface area (Å²) in [6, 6.07) is 15.2. The van der Waals surface area contributed by atoms with Gasteiger partial charge < -0.3 is 10.2 Å². The van der Waals surface area contributed by atoms with E-state index in [1.54, 1.807) is 48.5 Å².